The molecule has 92 valence electrons. The van der Waals surface area contributed by atoms with Crippen molar-refractivity contribution >= 4 is 18.5 Å². The van der Waals surface area contributed by atoms with E-state index in [4.69, 9.17) is 0 Å². The number of amidine groups is 1. The molecule has 2 rings (SSSR count). The minimum Gasteiger partial charge on any atom is -0.337 e. The van der Waals surface area contributed by atoms with Crippen LogP contribution in [0.3, 0.4) is 0 Å². The molecule has 4 heteroatoms. The van der Waals surface area contributed by atoms with Gasteiger partial charge in [0.05, 0.1) is 0 Å². The van der Waals surface area contributed by atoms with Crippen molar-refractivity contribution in [2.45, 2.75) is 13.5 Å². The number of carbonyl (C=O) groups excluding carboxylic acids is 1. The summed E-state index contributed by atoms with van der Waals surface area (Å²) in [5.74, 6) is 0.592. The highest BCUT2D eigenvalue weighted by molar-refractivity contribution is 6.07. The van der Waals surface area contributed by atoms with Crippen LogP contribution in [0.15, 0.2) is 40.5 Å². The maximum atomic E-state index is 11.9. The molecule has 0 N–H and O–H groups in total. The van der Waals surface area contributed by atoms with Gasteiger partial charge in [-0.25, -0.2) is 9.98 Å². The van der Waals surface area contributed by atoms with Crippen LogP contribution in [0.25, 0.3) is 0 Å². The standard InChI is InChI=1S/C14H15N3O/c1-4-8-16-13(15-2)10-6-5-7-11-12(10)9-17(3)14(11)18/h4-8H,2,9H2,1,3H3/b8-4-,16-13-. The van der Waals surface area contributed by atoms with Crippen molar-refractivity contribution in [3.63, 3.8) is 0 Å². The second-order valence-electron chi connectivity index (χ2n) is 4.09. The molecule has 1 aliphatic rings. The van der Waals surface area contributed by atoms with Gasteiger partial charge >= 0.3 is 0 Å². The topological polar surface area (TPSA) is 45.0 Å². The van der Waals surface area contributed by atoms with E-state index in [2.05, 4.69) is 16.7 Å². The van der Waals surface area contributed by atoms with Crippen LogP contribution < -0.4 is 0 Å². The SMILES string of the molecule is C=N/C(=N\C=C/C)c1cccc2c1CN(C)C2=O. The molecule has 0 saturated carbocycles. The number of nitrogens with zero attached hydrogens (tertiary/aromatic N) is 3. The summed E-state index contributed by atoms with van der Waals surface area (Å²) in [5.41, 5.74) is 2.57. The molecule has 0 bridgehead atoms. The Labute approximate surface area is 106 Å². The number of aliphatic imine (C=N–C) groups is 2. The van der Waals surface area contributed by atoms with Gasteiger partial charge in [-0.3, -0.25) is 4.79 Å². The lowest BCUT2D eigenvalue weighted by Gasteiger charge is -2.07. The Kier molecular flexibility index (Phi) is 3.37. The lowest BCUT2D eigenvalue weighted by molar-refractivity contribution is 0.0816. The van der Waals surface area contributed by atoms with Crippen molar-refractivity contribution in [1.82, 2.24) is 4.90 Å². The van der Waals surface area contributed by atoms with Crippen LogP contribution in [0, 0.1) is 0 Å². The van der Waals surface area contributed by atoms with Gasteiger partial charge in [0.1, 0.15) is 0 Å². The summed E-state index contributed by atoms with van der Waals surface area (Å²) in [6.07, 6.45) is 3.50. The largest absolute Gasteiger partial charge is 0.337 e. The van der Waals surface area contributed by atoms with Gasteiger partial charge in [0, 0.05) is 30.9 Å². The lowest BCUT2D eigenvalue weighted by atomic mass is 10.0. The van der Waals surface area contributed by atoms with E-state index in [0.717, 1.165) is 16.7 Å². The number of amides is 1. The molecule has 1 aromatic carbocycles. The third kappa shape index (κ3) is 1.97. The van der Waals surface area contributed by atoms with Gasteiger partial charge in [-0.05, 0) is 25.3 Å². The summed E-state index contributed by atoms with van der Waals surface area (Å²) in [6.45, 7) is 6.02. The van der Waals surface area contributed by atoms with Crippen LogP contribution in [0.2, 0.25) is 0 Å². The van der Waals surface area contributed by atoms with Crippen LogP contribution in [0.1, 0.15) is 28.4 Å². The molecule has 4 nitrogen and oxygen atoms in total. The molecular weight excluding hydrogens is 226 g/mol. The summed E-state index contributed by atoms with van der Waals surface area (Å²) in [4.78, 5) is 21.8. The first-order valence-corrected chi connectivity index (χ1v) is 5.72. The molecule has 0 atom stereocenters. The Morgan fingerprint density at radius 1 is 1.50 bits per heavy atom. The van der Waals surface area contributed by atoms with Gasteiger partial charge in [-0.15, -0.1) is 0 Å². The van der Waals surface area contributed by atoms with E-state index in [1.54, 1.807) is 18.1 Å². The highest BCUT2D eigenvalue weighted by atomic mass is 16.2. The first-order valence-electron chi connectivity index (χ1n) is 5.72. The normalized spacial score (nSPS) is 15.3. The molecule has 0 aliphatic carbocycles. The zero-order valence-corrected chi connectivity index (χ0v) is 10.6. The Balaban J connectivity index is 2.55. The van der Waals surface area contributed by atoms with Gasteiger partial charge in [0.25, 0.3) is 5.91 Å². The Morgan fingerprint density at radius 3 is 2.94 bits per heavy atom. The third-order valence-corrected chi connectivity index (χ3v) is 2.88. The highest BCUT2D eigenvalue weighted by Crippen LogP contribution is 2.25. The number of carbonyl (C=O) groups is 1. The fourth-order valence-corrected chi connectivity index (χ4v) is 2.02. The molecule has 0 radical (unpaired) electrons. The molecule has 1 aliphatic heterocycles. The van der Waals surface area contributed by atoms with Crippen molar-refractivity contribution in [2.75, 3.05) is 7.05 Å². The minimum absolute atomic E-state index is 0.0429. The van der Waals surface area contributed by atoms with E-state index in [9.17, 15) is 4.79 Å². The van der Waals surface area contributed by atoms with Gasteiger partial charge in [0.15, 0.2) is 5.84 Å². The average molecular weight is 241 g/mol. The summed E-state index contributed by atoms with van der Waals surface area (Å²) in [7, 11) is 1.79. The van der Waals surface area contributed by atoms with E-state index >= 15 is 0 Å². The highest BCUT2D eigenvalue weighted by Gasteiger charge is 2.27. The Hall–Kier alpha value is -2.23. The van der Waals surface area contributed by atoms with Crippen LogP contribution in [0.4, 0.5) is 0 Å². The van der Waals surface area contributed by atoms with Crippen molar-refractivity contribution in [3.05, 3.63) is 47.2 Å². The van der Waals surface area contributed by atoms with Crippen molar-refractivity contribution in [2.24, 2.45) is 9.98 Å². The predicted octanol–water partition coefficient (Wildman–Crippen LogP) is 2.25. The van der Waals surface area contributed by atoms with E-state index in [1.165, 1.54) is 0 Å². The van der Waals surface area contributed by atoms with Crippen LogP contribution >= 0.6 is 0 Å². The average Bonchev–Trinajstić information content (AvgIpc) is 2.67. The summed E-state index contributed by atoms with van der Waals surface area (Å²) < 4.78 is 0. The zero-order chi connectivity index (χ0) is 13.1. The Morgan fingerprint density at radius 2 is 2.28 bits per heavy atom. The molecule has 0 fully saturated rings. The van der Waals surface area contributed by atoms with E-state index < -0.39 is 0 Å². The van der Waals surface area contributed by atoms with Gasteiger partial charge < -0.3 is 4.90 Å². The second kappa shape index (κ2) is 4.96. The molecule has 18 heavy (non-hydrogen) atoms. The van der Waals surface area contributed by atoms with Gasteiger partial charge in [-0.1, -0.05) is 18.2 Å². The maximum Gasteiger partial charge on any atom is 0.254 e. The minimum atomic E-state index is 0.0429. The van der Waals surface area contributed by atoms with E-state index in [-0.39, 0.29) is 5.91 Å². The molecule has 0 aromatic heterocycles. The Bertz CT molecular complexity index is 558. The summed E-state index contributed by atoms with van der Waals surface area (Å²) in [6, 6.07) is 5.60. The number of fused-ring (bicyclic) bond motifs is 1. The predicted molar refractivity (Wildman–Crippen MR) is 73.1 cm³/mol. The first-order chi connectivity index (χ1) is 8.69. The fourth-order valence-electron chi connectivity index (χ4n) is 2.02. The third-order valence-electron chi connectivity index (χ3n) is 2.88. The molecule has 0 unspecified atom stereocenters. The fraction of sp³-hybridized carbons (Fsp3) is 0.214. The molecule has 1 heterocycles. The van der Waals surface area contributed by atoms with Crippen molar-refractivity contribution < 1.29 is 4.79 Å². The molecule has 1 aromatic rings. The number of hydrogen-bond donors (Lipinski definition) is 0. The molecular formula is C14H15N3O. The number of benzene rings is 1. The van der Waals surface area contributed by atoms with Crippen LogP contribution in [-0.2, 0) is 6.54 Å². The van der Waals surface area contributed by atoms with Crippen molar-refractivity contribution in [1.29, 1.82) is 0 Å². The quantitative estimate of drug-likeness (QED) is 0.578. The lowest BCUT2D eigenvalue weighted by Crippen LogP contribution is -2.17. The monoisotopic (exact) mass is 241 g/mol. The number of rotatable bonds is 2. The molecule has 0 saturated heterocycles. The first kappa shape index (κ1) is 12.2. The van der Waals surface area contributed by atoms with Crippen LogP contribution in [0.5, 0.6) is 0 Å². The summed E-state index contributed by atoms with van der Waals surface area (Å²) in [5, 5.41) is 0. The smallest absolute Gasteiger partial charge is 0.254 e. The van der Waals surface area contributed by atoms with Gasteiger partial charge in [0.2, 0.25) is 0 Å². The van der Waals surface area contributed by atoms with Crippen LogP contribution in [-0.4, -0.2) is 30.4 Å². The van der Waals surface area contributed by atoms with E-state index in [1.807, 2.05) is 31.2 Å². The molecule has 0 spiro atoms. The van der Waals surface area contributed by atoms with Gasteiger partial charge in [-0.2, -0.15) is 0 Å². The maximum absolute atomic E-state index is 11.9. The number of allylic oxidation sites excluding steroid dienone is 1. The summed E-state index contributed by atoms with van der Waals surface area (Å²) >= 11 is 0. The second-order valence-corrected chi connectivity index (χ2v) is 4.09. The van der Waals surface area contributed by atoms with E-state index in [0.29, 0.717) is 12.4 Å². The zero-order valence-electron chi connectivity index (χ0n) is 10.6. The molecule has 1 amide bonds. The number of hydrogen-bond acceptors (Lipinski definition) is 2. The van der Waals surface area contributed by atoms with Crippen molar-refractivity contribution in [3.8, 4) is 0 Å².